The summed E-state index contributed by atoms with van der Waals surface area (Å²) in [6.45, 7) is 0. The molecule has 0 bridgehead atoms. The first-order valence-electron chi connectivity index (χ1n) is 9.59. The number of halogens is 3. The lowest BCUT2D eigenvalue weighted by Crippen LogP contribution is -2.13. The monoisotopic (exact) mass is 513 g/mol. The van der Waals surface area contributed by atoms with E-state index in [0.29, 0.717) is 43.7 Å². The van der Waals surface area contributed by atoms with Crippen molar-refractivity contribution < 1.29 is 9.21 Å². The predicted molar refractivity (Wildman–Crippen MR) is 133 cm³/mol. The Morgan fingerprint density at radius 3 is 2.73 bits per heavy atom. The van der Waals surface area contributed by atoms with Gasteiger partial charge in [0.25, 0.3) is 5.91 Å². The van der Waals surface area contributed by atoms with Crippen molar-refractivity contribution >= 4 is 63.3 Å². The standard InChI is InChI=1S/C24H14Cl3N3O2S/c25-16-3-1-2-14(8-16)9-19-13-29-24(33-19)30-23(31)15(12-28)10-18-5-7-22(32-18)20-11-17(26)4-6-21(20)27/h1-8,10-11,13H,9H2,(H,29,30,31)/b15-10-. The molecule has 0 saturated carbocycles. The molecule has 5 nitrogen and oxygen atoms in total. The number of hydrogen-bond donors (Lipinski definition) is 1. The second-order valence-corrected chi connectivity index (χ2v) is 9.28. The van der Waals surface area contributed by atoms with E-state index in [9.17, 15) is 10.1 Å². The minimum absolute atomic E-state index is 0.125. The van der Waals surface area contributed by atoms with Crippen LogP contribution in [0.5, 0.6) is 0 Å². The van der Waals surface area contributed by atoms with E-state index in [1.807, 2.05) is 30.3 Å². The summed E-state index contributed by atoms with van der Waals surface area (Å²) in [5, 5.41) is 14.2. The molecule has 0 unspecified atom stereocenters. The Kier molecular flexibility index (Phi) is 7.17. The van der Waals surface area contributed by atoms with E-state index in [1.165, 1.54) is 17.4 Å². The number of benzene rings is 2. The molecule has 0 aliphatic carbocycles. The van der Waals surface area contributed by atoms with Crippen LogP contribution in [0, 0.1) is 11.3 Å². The maximum Gasteiger partial charge on any atom is 0.268 e. The molecular formula is C24H14Cl3N3O2S. The molecule has 2 aromatic carbocycles. The third-order valence-electron chi connectivity index (χ3n) is 4.51. The Hall–Kier alpha value is -3.08. The SMILES string of the molecule is N#C/C(=C/c1ccc(-c2cc(Cl)ccc2Cl)o1)C(=O)Nc1ncc(Cc2cccc(Cl)c2)s1. The van der Waals surface area contributed by atoms with Crippen LogP contribution in [0.2, 0.25) is 15.1 Å². The van der Waals surface area contributed by atoms with Crippen LogP contribution < -0.4 is 5.32 Å². The van der Waals surface area contributed by atoms with Crippen molar-refractivity contribution in [1.29, 1.82) is 5.26 Å². The van der Waals surface area contributed by atoms with Gasteiger partial charge in [-0.1, -0.05) is 46.9 Å². The van der Waals surface area contributed by atoms with Crippen molar-refractivity contribution in [2.45, 2.75) is 6.42 Å². The van der Waals surface area contributed by atoms with Gasteiger partial charge in [0.15, 0.2) is 5.13 Å². The van der Waals surface area contributed by atoms with E-state index < -0.39 is 5.91 Å². The zero-order chi connectivity index (χ0) is 23.4. The zero-order valence-corrected chi connectivity index (χ0v) is 19.9. The number of aromatic nitrogens is 1. The predicted octanol–water partition coefficient (Wildman–Crippen LogP) is 7.50. The second-order valence-electron chi connectivity index (χ2n) is 6.89. The van der Waals surface area contributed by atoms with Crippen LogP contribution in [0.15, 0.2) is 70.8 Å². The molecule has 0 radical (unpaired) electrons. The van der Waals surface area contributed by atoms with Crippen molar-refractivity contribution in [3.05, 3.63) is 97.6 Å². The Labute approximate surface area is 208 Å². The molecule has 4 rings (SSSR count). The molecular weight excluding hydrogens is 501 g/mol. The van der Waals surface area contributed by atoms with Crippen molar-refractivity contribution in [2.75, 3.05) is 5.32 Å². The highest BCUT2D eigenvalue weighted by atomic mass is 35.5. The third kappa shape index (κ3) is 5.84. The highest BCUT2D eigenvalue weighted by molar-refractivity contribution is 7.15. The molecule has 1 amide bonds. The van der Waals surface area contributed by atoms with E-state index in [0.717, 1.165) is 10.4 Å². The fourth-order valence-electron chi connectivity index (χ4n) is 3.01. The number of hydrogen-bond acceptors (Lipinski definition) is 5. The van der Waals surface area contributed by atoms with E-state index >= 15 is 0 Å². The summed E-state index contributed by atoms with van der Waals surface area (Å²) in [6.07, 6.45) is 3.68. The third-order valence-corrected chi connectivity index (χ3v) is 6.23. The normalized spacial score (nSPS) is 11.3. The van der Waals surface area contributed by atoms with Gasteiger partial charge in [0.2, 0.25) is 0 Å². The fourth-order valence-corrected chi connectivity index (χ4v) is 4.45. The Morgan fingerprint density at radius 1 is 1.12 bits per heavy atom. The first-order chi connectivity index (χ1) is 15.9. The number of nitriles is 1. The summed E-state index contributed by atoms with van der Waals surface area (Å²) in [6, 6.07) is 17.8. The molecule has 9 heteroatoms. The van der Waals surface area contributed by atoms with Gasteiger partial charge < -0.3 is 4.42 Å². The fraction of sp³-hybridized carbons (Fsp3) is 0.0417. The van der Waals surface area contributed by atoms with Gasteiger partial charge in [-0.3, -0.25) is 10.1 Å². The summed E-state index contributed by atoms with van der Waals surface area (Å²) >= 11 is 19.6. The summed E-state index contributed by atoms with van der Waals surface area (Å²) in [5.41, 5.74) is 1.52. The van der Waals surface area contributed by atoms with Crippen molar-refractivity contribution in [1.82, 2.24) is 4.98 Å². The number of rotatable bonds is 6. The maximum absolute atomic E-state index is 12.6. The lowest BCUT2D eigenvalue weighted by molar-refractivity contribution is -0.112. The van der Waals surface area contributed by atoms with Gasteiger partial charge in [0.1, 0.15) is 23.2 Å². The molecule has 164 valence electrons. The summed E-state index contributed by atoms with van der Waals surface area (Å²) < 4.78 is 5.74. The first-order valence-corrected chi connectivity index (χ1v) is 11.5. The van der Waals surface area contributed by atoms with Crippen LogP contribution in [-0.2, 0) is 11.2 Å². The highest BCUT2D eigenvalue weighted by Gasteiger charge is 2.14. The number of carbonyl (C=O) groups excluding carboxylic acids is 1. The molecule has 2 aromatic heterocycles. The van der Waals surface area contributed by atoms with Crippen LogP contribution in [0.1, 0.15) is 16.2 Å². The van der Waals surface area contributed by atoms with E-state index in [2.05, 4.69) is 10.3 Å². The quantitative estimate of drug-likeness (QED) is 0.213. The maximum atomic E-state index is 12.6. The smallest absolute Gasteiger partial charge is 0.268 e. The number of thiazole rings is 1. The number of nitrogens with one attached hydrogen (secondary N) is 1. The van der Waals surface area contributed by atoms with E-state index in [4.69, 9.17) is 39.2 Å². The molecule has 33 heavy (non-hydrogen) atoms. The molecule has 0 aliphatic heterocycles. The Balaban J connectivity index is 1.47. The van der Waals surface area contributed by atoms with E-state index in [-0.39, 0.29) is 5.57 Å². The largest absolute Gasteiger partial charge is 0.457 e. The van der Waals surface area contributed by atoms with Gasteiger partial charge in [-0.2, -0.15) is 5.26 Å². The molecule has 0 aliphatic rings. The van der Waals surface area contributed by atoms with Crippen LogP contribution in [-0.4, -0.2) is 10.9 Å². The molecule has 2 heterocycles. The van der Waals surface area contributed by atoms with Gasteiger partial charge in [0, 0.05) is 39.2 Å². The second kappa shape index (κ2) is 10.2. The zero-order valence-electron chi connectivity index (χ0n) is 16.8. The number of anilines is 1. The minimum atomic E-state index is -0.583. The Bertz CT molecular complexity index is 1400. The average molecular weight is 515 g/mol. The van der Waals surface area contributed by atoms with Crippen LogP contribution >= 0.6 is 46.1 Å². The van der Waals surface area contributed by atoms with Crippen molar-refractivity contribution in [3.8, 4) is 17.4 Å². The average Bonchev–Trinajstić information content (AvgIpc) is 3.43. The van der Waals surface area contributed by atoms with E-state index in [1.54, 1.807) is 36.5 Å². The topological polar surface area (TPSA) is 78.9 Å². The molecule has 0 saturated heterocycles. The summed E-state index contributed by atoms with van der Waals surface area (Å²) in [5.74, 6) is 0.213. The van der Waals surface area contributed by atoms with Crippen molar-refractivity contribution in [3.63, 3.8) is 0 Å². The number of furan rings is 1. The number of carbonyl (C=O) groups is 1. The molecule has 0 fully saturated rings. The van der Waals surface area contributed by atoms with Gasteiger partial charge in [0.05, 0.1) is 5.02 Å². The molecule has 4 aromatic rings. The number of amides is 1. The highest BCUT2D eigenvalue weighted by Crippen LogP contribution is 2.32. The minimum Gasteiger partial charge on any atom is -0.457 e. The van der Waals surface area contributed by atoms with Gasteiger partial charge in [-0.25, -0.2) is 4.98 Å². The Morgan fingerprint density at radius 2 is 1.94 bits per heavy atom. The summed E-state index contributed by atoms with van der Waals surface area (Å²) in [7, 11) is 0. The molecule has 1 N–H and O–H groups in total. The number of nitrogens with zero attached hydrogens (tertiary/aromatic N) is 2. The van der Waals surface area contributed by atoms with Crippen LogP contribution in [0.4, 0.5) is 5.13 Å². The lowest BCUT2D eigenvalue weighted by Gasteiger charge is -2.01. The molecule has 0 atom stereocenters. The van der Waals surface area contributed by atoms with Crippen LogP contribution in [0.3, 0.4) is 0 Å². The summed E-state index contributed by atoms with van der Waals surface area (Å²) in [4.78, 5) is 17.8. The van der Waals surface area contributed by atoms with Gasteiger partial charge in [-0.05, 0) is 48.0 Å². The molecule has 0 spiro atoms. The first kappa shape index (κ1) is 23.1. The lowest BCUT2D eigenvalue weighted by atomic mass is 10.1. The van der Waals surface area contributed by atoms with Crippen LogP contribution in [0.25, 0.3) is 17.4 Å². The van der Waals surface area contributed by atoms with Crippen molar-refractivity contribution in [2.24, 2.45) is 0 Å². The van der Waals surface area contributed by atoms with Gasteiger partial charge >= 0.3 is 0 Å². The van der Waals surface area contributed by atoms with Gasteiger partial charge in [-0.15, -0.1) is 11.3 Å².